The predicted molar refractivity (Wildman–Crippen MR) is 68.8 cm³/mol. The van der Waals surface area contributed by atoms with Crippen LogP contribution in [0, 0.1) is 0 Å². The topological polar surface area (TPSA) is 9.23 Å². The minimum absolute atomic E-state index is 0.0721. The SMILES string of the molecule is CP(C)c1ccccc1O[Si](C)(C)C. The minimum Gasteiger partial charge on any atom is -0.544 e. The van der Waals surface area contributed by atoms with Gasteiger partial charge in [-0.05, 0) is 39.0 Å². The second-order valence-electron chi connectivity index (χ2n) is 4.58. The normalized spacial score (nSPS) is 11.9. The fourth-order valence-electron chi connectivity index (χ4n) is 1.24. The van der Waals surface area contributed by atoms with E-state index in [1.807, 2.05) is 0 Å². The van der Waals surface area contributed by atoms with Crippen LogP contribution in [0.1, 0.15) is 0 Å². The summed E-state index contributed by atoms with van der Waals surface area (Å²) < 4.78 is 6.05. The first-order valence-corrected chi connectivity index (χ1v) is 10.5. The van der Waals surface area contributed by atoms with Gasteiger partial charge in [-0.3, -0.25) is 0 Å². The monoisotopic (exact) mass is 226 g/mol. The van der Waals surface area contributed by atoms with Gasteiger partial charge in [0.05, 0.1) is 0 Å². The summed E-state index contributed by atoms with van der Waals surface area (Å²) in [6, 6.07) is 8.42. The quantitative estimate of drug-likeness (QED) is 0.568. The summed E-state index contributed by atoms with van der Waals surface area (Å²) in [5, 5.41) is 1.38. The van der Waals surface area contributed by atoms with Crippen molar-refractivity contribution in [3.05, 3.63) is 24.3 Å². The second-order valence-corrected chi connectivity index (χ2v) is 11.3. The third-order valence-corrected chi connectivity index (χ3v) is 3.93. The first-order chi connectivity index (χ1) is 6.40. The number of para-hydroxylation sites is 1. The lowest BCUT2D eigenvalue weighted by atomic mass is 10.3. The van der Waals surface area contributed by atoms with Gasteiger partial charge in [-0.15, -0.1) is 0 Å². The molecule has 0 amide bonds. The maximum absolute atomic E-state index is 6.05. The lowest BCUT2D eigenvalue weighted by Gasteiger charge is -2.22. The van der Waals surface area contributed by atoms with Crippen LogP contribution in [0.15, 0.2) is 24.3 Å². The van der Waals surface area contributed by atoms with Crippen LogP contribution in [0.5, 0.6) is 5.75 Å². The molecule has 14 heavy (non-hydrogen) atoms. The number of benzene rings is 1. The van der Waals surface area contributed by atoms with Gasteiger partial charge in [0.1, 0.15) is 5.75 Å². The van der Waals surface area contributed by atoms with Crippen LogP contribution in [0.3, 0.4) is 0 Å². The van der Waals surface area contributed by atoms with Crippen LogP contribution >= 0.6 is 7.92 Å². The van der Waals surface area contributed by atoms with E-state index in [1.54, 1.807) is 0 Å². The van der Waals surface area contributed by atoms with Gasteiger partial charge in [0, 0.05) is 5.30 Å². The molecule has 0 aromatic heterocycles. The van der Waals surface area contributed by atoms with Crippen molar-refractivity contribution in [2.45, 2.75) is 19.6 Å². The van der Waals surface area contributed by atoms with Crippen LogP contribution in [0.4, 0.5) is 0 Å². The van der Waals surface area contributed by atoms with Crippen LogP contribution in [-0.4, -0.2) is 21.6 Å². The summed E-state index contributed by atoms with van der Waals surface area (Å²) in [5.74, 6) is 1.10. The Morgan fingerprint density at radius 1 is 1.07 bits per heavy atom. The Hall–Kier alpha value is -0.333. The summed E-state index contributed by atoms with van der Waals surface area (Å²) in [7, 11) is -1.54. The smallest absolute Gasteiger partial charge is 0.242 e. The molecule has 0 atom stereocenters. The van der Waals surface area contributed by atoms with Crippen molar-refractivity contribution in [1.29, 1.82) is 0 Å². The Morgan fingerprint density at radius 2 is 1.64 bits per heavy atom. The van der Waals surface area contributed by atoms with Crippen molar-refractivity contribution in [3.63, 3.8) is 0 Å². The van der Waals surface area contributed by atoms with E-state index < -0.39 is 8.32 Å². The molecule has 3 heteroatoms. The molecular weight excluding hydrogens is 207 g/mol. The third kappa shape index (κ3) is 3.43. The van der Waals surface area contributed by atoms with Crippen LogP contribution in [0.25, 0.3) is 0 Å². The van der Waals surface area contributed by atoms with Crippen molar-refractivity contribution < 1.29 is 4.43 Å². The molecule has 78 valence electrons. The van der Waals surface area contributed by atoms with E-state index >= 15 is 0 Å². The van der Waals surface area contributed by atoms with Crippen molar-refractivity contribution in [2.75, 3.05) is 13.3 Å². The van der Waals surface area contributed by atoms with Gasteiger partial charge in [-0.1, -0.05) is 26.1 Å². The summed E-state index contributed by atoms with van der Waals surface area (Å²) >= 11 is 0. The summed E-state index contributed by atoms with van der Waals surface area (Å²) in [6.07, 6.45) is 0. The standard InChI is InChI=1S/C11H19OPSi/c1-13(2)11-9-7-6-8-10(11)12-14(3,4)5/h6-9H,1-5H3. The summed E-state index contributed by atoms with van der Waals surface area (Å²) in [4.78, 5) is 0. The average molecular weight is 226 g/mol. The van der Waals surface area contributed by atoms with Gasteiger partial charge in [0.2, 0.25) is 8.32 Å². The second kappa shape index (κ2) is 4.46. The van der Waals surface area contributed by atoms with E-state index in [0.29, 0.717) is 0 Å². The van der Waals surface area contributed by atoms with E-state index in [2.05, 4.69) is 57.2 Å². The molecule has 0 aliphatic heterocycles. The van der Waals surface area contributed by atoms with Gasteiger partial charge in [0.15, 0.2) is 0 Å². The maximum Gasteiger partial charge on any atom is 0.242 e. The molecule has 0 saturated heterocycles. The fourth-order valence-corrected chi connectivity index (χ4v) is 3.11. The zero-order chi connectivity index (χ0) is 10.8. The highest BCUT2D eigenvalue weighted by Gasteiger charge is 2.18. The third-order valence-electron chi connectivity index (χ3n) is 1.76. The maximum atomic E-state index is 6.05. The number of hydrogen-bond donors (Lipinski definition) is 0. The van der Waals surface area contributed by atoms with E-state index in [4.69, 9.17) is 4.43 Å². The van der Waals surface area contributed by atoms with Gasteiger partial charge in [0.25, 0.3) is 0 Å². The van der Waals surface area contributed by atoms with E-state index in [0.717, 1.165) is 5.75 Å². The Bertz CT molecular complexity index is 304. The molecule has 1 rings (SSSR count). The average Bonchev–Trinajstić information content (AvgIpc) is 2.01. The molecule has 0 N–H and O–H groups in total. The van der Waals surface area contributed by atoms with Crippen molar-refractivity contribution in [2.24, 2.45) is 0 Å². The van der Waals surface area contributed by atoms with Gasteiger partial charge in [-0.25, -0.2) is 0 Å². The van der Waals surface area contributed by atoms with Crippen LogP contribution in [-0.2, 0) is 0 Å². The van der Waals surface area contributed by atoms with Crippen LogP contribution in [0.2, 0.25) is 19.6 Å². The molecule has 0 spiro atoms. The highest BCUT2D eigenvalue weighted by Crippen LogP contribution is 2.30. The lowest BCUT2D eigenvalue weighted by molar-refractivity contribution is 0.562. The predicted octanol–water partition coefficient (Wildman–Crippen LogP) is 3.27. The molecule has 1 aromatic carbocycles. The first kappa shape index (κ1) is 11.7. The van der Waals surface area contributed by atoms with E-state index in [-0.39, 0.29) is 7.92 Å². The number of hydrogen-bond acceptors (Lipinski definition) is 1. The molecule has 0 unspecified atom stereocenters. The Balaban J connectivity index is 2.96. The van der Waals surface area contributed by atoms with E-state index in [1.165, 1.54) is 5.30 Å². The Labute approximate surface area is 89.4 Å². The molecule has 0 radical (unpaired) electrons. The van der Waals surface area contributed by atoms with Gasteiger partial charge >= 0.3 is 0 Å². The van der Waals surface area contributed by atoms with Crippen molar-refractivity contribution in [1.82, 2.24) is 0 Å². The first-order valence-electron chi connectivity index (χ1n) is 4.85. The Morgan fingerprint density at radius 3 is 2.14 bits per heavy atom. The van der Waals surface area contributed by atoms with Gasteiger partial charge in [-0.2, -0.15) is 0 Å². The molecule has 0 fully saturated rings. The molecule has 0 bridgehead atoms. The zero-order valence-electron chi connectivity index (χ0n) is 9.66. The molecule has 0 aliphatic rings. The fraction of sp³-hybridized carbons (Fsp3) is 0.455. The molecular formula is C11H19OPSi. The molecule has 0 heterocycles. The highest BCUT2D eigenvalue weighted by molar-refractivity contribution is 7.64. The zero-order valence-corrected chi connectivity index (χ0v) is 11.6. The van der Waals surface area contributed by atoms with Crippen molar-refractivity contribution in [3.8, 4) is 5.75 Å². The largest absolute Gasteiger partial charge is 0.544 e. The lowest BCUT2D eigenvalue weighted by Crippen LogP contribution is -2.31. The molecule has 1 nitrogen and oxygen atoms in total. The minimum atomic E-state index is -1.46. The molecule has 0 aliphatic carbocycles. The summed E-state index contributed by atoms with van der Waals surface area (Å²) in [5.41, 5.74) is 0. The van der Waals surface area contributed by atoms with Gasteiger partial charge < -0.3 is 4.43 Å². The molecule has 1 aromatic rings. The van der Waals surface area contributed by atoms with Crippen LogP contribution < -0.4 is 9.73 Å². The van der Waals surface area contributed by atoms with Crippen molar-refractivity contribution >= 4 is 21.5 Å². The Kier molecular flexibility index (Phi) is 3.74. The van der Waals surface area contributed by atoms with E-state index in [9.17, 15) is 0 Å². The molecule has 0 saturated carbocycles. The number of rotatable bonds is 3. The summed E-state index contributed by atoms with van der Waals surface area (Å²) in [6.45, 7) is 11.2. The highest BCUT2D eigenvalue weighted by atomic mass is 31.1.